The Kier molecular flexibility index (Phi) is 9.46. The maximum absolute atomic E-state index is 13.6. The number of likely N-dealkylation sites (N-methyl/N-ethyl adjacent to an activating group) is 1. The van der Waals surface area contributed by atoms with Gasteiger partial charge in [0.15, 0.2) is 5.78 Å². The molecule has 0 unspecified atom stereocenters. The lowest BCUT2D eigenvalue weighted by atomic mass is 9.86. The molecule has 2 atom stereocenters. The normalized spacial score (nSPS) is 17.5. The molecule has 0 saturated carbocycles. The first kappa shape index (κ1) is 24.8. The van der Waals surface area contributed by atoms with E-state index in [1.54, 1.807) is 0 Å². The van der Waals surface area contributed by atoms with Crippen LogP contribution in [0.15, 0.2) is 36.4 Å². The SMILES string of the molecule is CCCC[C@@H]1Oc2ccccc2[C@@H]1C(=O)c1cc(I)c(OCCN(CC)CC)c(I)c1. The molecule has 2 aromatic carbocycles. The van der Waals surface area contributed by atoms with Gasteiger partial charge in [-0.05, 0) is 82.9 Å². The fourth-order valence-corrected chi connectivity index (χ4v) is 6.13. The number of Topliss-reactive ketones (excluding diaryl/α,β-unsaturated/α-hetero) is 1. The topological polar surface area (TPSA) is 38.8 Å². The van der Waals surface area contributed by atoms with Crippen LogP contribution < -0.4 is 9.47 Å². The van der Waals surface area contributed by atoms with Gasteiger partial charge in [0, 0.05) is 17.7 Å². The fraction of sp³-hybridized carbons (Fsp3) is 0.480. The van der Waals surface area contributed by atoms with E-state index in [1.807, 2.05) is 36.4 Å². The van der Waals surface area contributed by atoms with Crippen LogP contribution in [-0.4, -0.2) is 43.0 Å². The van der Waals surface area contributed by atoms with E-state index in [9.17, 15) is 4.79 Å². The van der Waals surface area contributed by atoms with Crippen LogP contribution in [0.25, 0.3) is 0 Å². The smallest absolute Gasteiger partial charge is 0.174 e. The van der Waals surface area contributed by atoms with Crippen LogP contribution in [-0.2, 0) is 0 Å². The molecule has 4 nitrogen and oxygen atoms in total. The number of ketones is 1. The number of carbonyl (C=O) groups is 1. The Bertz CT molecular complexity index is 875. The van der Waals surface area contributed by atoms with Crippen LogP contribution in [0, 0.1) is 7.14 Å². The molecular formula is C25H31I2NO3. The van der Waals surface area contributed by atoms with Gasteiger partial charge >= 0.3 is 0 Å². The van der Waals surface area contributed by atoms with E-state index in [0.717, 1.165) is 68.7 Å². The van der Waals surface area contributed by atoms with E-state index in [4.69, 9.17) is 9.47 Å². The van der Waals surface area contributed by atoms with Gasteiger partial charge in [0.1, 0.15) is 24.2 Å². The summed E-state index contributed by atoms with van der Waals surface area (Å²) in [6, 6.07) is 11.9. The molecule has 0 fully saturated rings. The van der Waals surface area contributed by atoms with Crippen LogP contribution in [0.3, 0.4) is 0 Å². The Hall–Kier alpha value is -0.870. The lowest BCUT2D eigenvalue weighted by Gasteiger charge is -2.20. The first-order chi connectivity index (χ1) is 15.0. The average Bonchev–Trinajstić information content (AvgIpc) is 3.14. The van der Waals surface area contributed by atoms with Gasteiger partial charge in [0.2, 0.25) is 0 Å². The summed E-state index contributed by atoms with van der Waals surface area (Å²) in [5.74, 6) is 1.61. The van der Waals surface area contributed by atoms with E-state index >= 15 is 0 Å². The Morgan fingerprint density at radius 2 is 1.77 bits per heavy atom. The highest BCUT2D eigenvalue weighted by molar-refractivity contribution is 14.1. The first-order valence-corrected chi connectivity index (χ1v) is 13.3. The Balaban J connectivity index is 1.80. The minimum absolute atomic E-state index is 0.0924. The van der Waals surface area contributed by atoms with Gasteiger partial charge in [-0.1, -0.05) is 51.8 Å². The maximum Gasteiger partial charge on any atom is 0.174 e. The molecule has 0 amide bonds. The molecule has 0 spiro atoms. The number of hydrogen-bond donors (Lipinski definition) is 0. The Morgan fingerprint density at radius 1 is 1.10 bits per heavy atom. The zero-order chi connectivity index (χ0) is 22.4. The molecule has 0 radical (unpaired) electrons. The van der Waals surface area contributed by atoms with E-state index in [0.29, 0.717) is 6.61 Å². The van der Waals surface area contributed by atoms with E-state index in [2.05, 4.69) is 70.9 Å². The monoisotopic (exact) mass is 647 g/mol. The molecule has 1 aliphatic rings. The number of ether oxygens (including phenoxy) is 2. The van der Waals surface area contributed by atoms with Crippen molar-refractivity contribution in [3.05, 3.63) is 54.7 Å². The Morgan fingerprint density at radius 3 is 2.42 bits per heavy atom. The molecular weight excluding hydrogens is 616 g/mol. The molecule has 2 aromatic rings. The molecule has 0 saturated heterocycles. The lowest BCUT2D eigenvalue weighted by Crippen LogP contribution is -2.28. The van der Waals surface area contributed by atoms with Gasteiger partial charge in [-0.15, -0.1) is 0 Å². The van der Waals surface area contributed by atoms with E-state index in [1.165, 1.54) is 0 Å². The Labute approximate surface area is 213 Å². The lowest BCUT2D eigenvalue weighted by molar-refractivity contribution is 0.0886. The van der Waals surface area contributed by atoms with Crippen LogP contribution in [0.1, 0.15) is 61.9 Å². The molecule has 168 valence electrons. The van der Waals surface area contributed by atoms with Gasteiger partial charge in [-0.25, -0.2) is 0 Å². The van der Waals surface area contributed by atoms with Crippen LogP contribution >= 0.6 is 45.2 Å². The predicted molar refractivity (Wildman–Crippen MR) is 143 cm³/mol. The van der Waals surface area contributed by atoms with Crippen molar-refractivity contribution >= 4 is 51.0 Å². The third kappa shape index (κ3) is 5.93. The standard InChI is InChI=1S/C25H31I2NO3/c1-4-7-11-22-23(18-10-8-9-12-21(18)31-22)24(29)17-15-19(26)25(20(27)16-17)30-14-13-28(5-2)6-3/h8-10,12,15-16,22-23H,4-7,11,13-14H2,1-3H3/t22-,23-/m0/s1. The molecule has 6 heteroatoms. The summed E-state index contributed by atoms with van der Waals surface area (Å²) < 4.78 is 14.2. The zero-order valence-corrected chi connectivity index (χ0v) is 22.8. The molecule has 0 N–H and O–H groups in total. The third-order valence-electron chi connectivity index (χ3n) is 5.86. The molecule has 31 heavy (non-hydrogen) atoms. The highest BCUT2D eigenvalue weighted by atomic mass is 127. The summed E-state index contributed by atoms with van der Waals surface area (Å²) in [5, 5.41) is 0. The van der Waals surface area contributed by atoms with E-state index < -0.39 is 0 Å². The third-order valence-corrected chi connectivity index (χ3v) is 7.46. The van der Waals surface area contributed by atoms with Gasteiger partial charge < -0.3 is 14.4 Å². The number of halogens is 2. The minimum Gasteiger partial charge on any atom is -0.490 e. The van der Waals surface area contributed by atoms with Crippen LogP contribution in [0.4, 0.5) is 0 Å². The summed E-state index contributed by atoms with van der Waals surface area (Å²) in [4.78, 5) is 16.0. The van der Waals surface area contributed by atoms with Crippen LogP contribution in [0.5, 0.6) is 11.5 Å². The van der Waals surface area contributed by atoms with Gasteiger partial charge in [-0.2, -0.15) is 0 Å². The largest absolute Gasteiger partial charge is 0.490 e. The highest BCUT2D eigenvalue weighted by Crippen LogP contribution is 2.42. The molecule has 0 aliphatic carbocycles. The molecule has 1 aliphatic heterocycles. The van der Waals surface area contributed by atoms with Gasteiger partial charge in [-0.3, -0.25) is 4.79 Å². The number of fused-ring (bicyclic) bond motifs is 1. The second-order valence-corrected chi connectivity index (χ2v) is 10.1. The number of rotatable bonds is 11. The van der Waals surface area contributed by atoms with Crippen molar-refractivity contribution in [2.45, 2.75) is 52.1 Å². The number of benzene rings is 2. The van der Waals surface area contributed by atoms with Crippen molar-refractivity contribution < 1.29 is 14.3 Å². The molecule has 0 bridgehead atoms. The zero-order valence-electron chi connectivity index (χ0n) is 18.5. The number of carbonyl (C=O) groups excluding carboxylic acids is 1. The fourth-order valence-electron chi connectivity index (χ4n) is 4.05. The van der Waals surface area contributed by atoms with Crippen molar-refractivity contribution in [3.63, 3.8) is 0 Å². The van der Waals surface area contributed by atoms with E-state index in [-0.39, 0.29) is 17.8 Å². The predicted octanol–water partition coefficient (Wildman–Crippen LogP) is 6.53. The summed E-state index contributed by atoms with van der Waals surface area (Å²) >= 11 is 4.57. The van der Waals surface area contributed by atoms with Crippen molar-refractivity contribution in [2.24, 2.45) is 0 Å². The summed E-state index contributed by atoms with van der Waals surface area (Å²) in [5.41, 5.74) is 1.75. The summed E-state index contributed by atoms with van der Waals surface area (Å²) in [6.45, 7) is 10.1. The van der Waals surface area contributed by atoms with Crippen LogP contribution in [0.2, 0.25) is 0 Å². The van der Waals surface area contributed by atoms with Crippen molar-refractivity contribution in [2.75, 3.05) is 26.2 Å². The highest BCUT2D eigenvalue weighted by Gasteiger charge is 2.39. The molecule has 3 rings (SSSR count). The first-order valence-electron chi connectivity index (χ1n) is 11.1. The van der Waals surface area contributed by atoms with Gasteiger partial charge in [0.25, 0.3) is 0 Å². The van der Waals surface area contributed by atoms with Crippen molar-refractivity contribution in [1.82, 2.24) is 4.90 Å². The minimum atomic E-state index is -0.246. The quantitative estimate of drug-likeness (QED) is 0.206. The average molecular weight is 647 g/mol. The summed E-state index contributed by atoms with van der Waals surface area (Å²) in [7, 11) is 0. The number of hydrogen-bond acceptors (Lipinski definition) is 4. The van der Waals surface area contributed by atoms with Crippen molar-refractivity contribution in [3.8, 4) is 11.5 Å². The number of nitrogens with zero attached hydrogens (tertiary/aromatic N) is 1. The molecule has 1 heterocycles. The number of unbranched alkanes of at least 4 members (excludes halogenated alkanes) is 1. The maximum atomic E-state index is 13.6. The van der Waals surface area contributed by atoms with Gasteiger partial charge in [0.05, 0.1) is 13.1 Å². The molecule has 0 aromatic heterocycles. The van der Waals surface area contributed by atoms with Crippen molar-refractivity contribution in [1.29, 1.82) is 0 Å². The second kappa shape index (κ2) is 11.8. The summed E-state index contributed by atoms with van der Waals surface area (Å²) in [6.07, 6.45) is 2.94. The number of para-hydroxylation sites is 1. The second-order valence-electron chi connectivity index (χ2n) is 7.82.